The maximum Gasteiger partial charge on any atom is 0.279 e. The van der Waals surface area contributed by atoms with E-state index in [-0.39, 0.29) is 0 Å². The molecule has 5 nitrogen and oxygen atoms in total. The number of amides is 1. The summed E-state index contributed by atoms with van der Waals surface area (Å²) in [6.07, 6.45) is 0.745. The van der Waals surface area contributed by atoms with Crippen molar-refractivity contribution in [1.82, 2.24) is 9.97 Å². The highest BCUT2D eigenvalue weighted by atomic mass is 19.1. The number of hydrogen-bond acceptors (Lipinski definition) is 3. The molecule has 0 fully saturated rings. The number of aromatic nitrogens is 2. The van der Waals surface area contributed by atoms with Gasteiger partial charge in [-0.15, -0.1) is 0 Å². The Bertz CT molecular complexity index is 346. The van der Waals surface area contributed by atoms with Gasteiger partial charge < -0.3 is 10.7 Å². The molecule has 0 aliphatic heterocycles. The van der Waals surface area contributed by atoms with Crippen LogP contribution in [0.5, 0.6) is 0 Å². The first-order valence-corrected chi connectivity index (χ1v) is 2.66. The molecule has 11 heavy (non-hydrogen) atoms. The number of H-pyrrole nitrogens is 1. The molecule has 0 aliphatic carbocycles. The maximum atomic E-state index is 12.2. The SMILES string of the molecule is N[13C](=O)[13c]1nc(F)c[nH][13c]1=O. The van der Waals surface area contributed by atoms with E-state index in [0.717, 1.165) is 6.20 Å². The minimum atomic E-state index is -1.05. The largest absolute Gasteiger partial charge is 0.364 e. The van der Waals surface area contributed by atoms with Crippen molar-refractivity contribution in [2.24, 2.45) is 5.73 Å². The first-order chi connectivity index (χ1) is 5.11. The van der Waals surface area contributed by atoms with Crippen molar-refractivity contribution in [3.8, 4) is 0 Å². The molecule has 1 heterocycles. The van der Waals surface area contributed by atoms with E-state index >= 15 is 0 Å². The fourth-order valence-corrected chi connectivity index (χ4v) is 0.550. The highest BCUT2D eigenvalue weighted by Gasteiger charge is 2.08. The zero-order valence-electron chi connectivity index (χ0n) is 5.30. The molecule has 0 saturated heterocycles. The van der Waals surface area contributed by atoms with Crippen molar-refractivity contribution < 1.29 is 9.18 Å². The molecule has 0 bridgehead atoms. The fraction of sp³-hybridized carbons (Fsp3) is 0. The maximum absolute atomic E-state index is 12.2. The summed E-state index contributed by atoms with van der Waals surface area (Å²) in [6.45, 7) is 0. The third-order valence-electron chi connectivity index (χ3n) is 0.989. The van der Waals surface area contributed by atoms with E-state index in [9.17, 15) is 14.0 Å². The number of halogens is 1. The standard InChI is InChI=1S/C5H4FN3O2/c6-2-1-8-5(11)3(9-2)4(7)10/h1H,(H2,7,10)(H,8,11)/i3+1,4+1,5+1. The van der Waals surface area contributed by atoms with Crippen LogP contribution in [0.4, 0.5) is 4.39 Å². The Morgan fingerprint density at radius 3 is 2.82 bits per heavy atom. The van der Waals surface area contributed by atoms with Crippen LogP contribution in [0.2, 0.25) is 0 Å². The van der Waals surface area contributed by atoms with Crippen LogP contribution in [-0.2, 0) is 0 Å². The summed E-state index contributed by atoms with van der Waals surface area (Å²) in [6, 6.07) is 0. The molecule has 6 heteroatoms. The van der Waals surface area contributed by atoms with Gasteiger partial charge >= 0.3 is 0 Å². The molecule has 1 rings (SSSR count). The molecule has 3 N–H and O–H groups in total. The average molecular weight is 160 g/mol. The topological polar surface area (TPSA) is 88.8 Å². The van der Waals surface area contributed by atoms with Gasteiger partial charge in [-0.05, 0) is 0 Å². The first kappa shape index (κ1) is 7.39. The number of carbonyl (C=O) groups is 1. The lowest BCUT2D eigenvalue weighted by Crippen LogP contribution is -2.25. The summed E-state index contributed by atoms with van der Waals surface area (Å²) in [5, 5.41) is 0. The van der Waals surface area contributed by atoms with Gasteiger partial charge in [-0.1, -0.05) is 0 Å². The van der Waals surface area contributed by atoms with Crippen molar-refractivity contribution in [3.63, 3.8) is 0 Å². The zero-order valence-corrected chi connectivity index (χ0v) is 5.30. The molecule has 1 amide bonds. The van der Waals surface area contributed by atoms with Gasteiger partial charge in [-0.3, -0.25) is 9.59 Å². The minimum absolute atomic E-state index is 0.620. The molecular weight excluding hydrogens is 156 g/mol. The Morgan fingerprint density at radius 1 is 1.73 bits per heavy atom. The lowest BCUT2D eigenvalue weighted by Gasteiger charge is -1.91. The Balaban J connectivity index is 3.35. The van der Waals surface area contributed by atoms with E-state index in [0.29, 0.717) is 0 Å². The first-order valence-electron chi connectivity index (χ1n) is 2.66. The van der Waals surface area contributed by atoms with Crippen LogP contribution < -0.4 is 11.3 Å². The summed E-state index contributed by atoms with van der Waals surface area (Å²) in [5.74, 6) is -2.00. The van der Waals surface area contributed by atoms with Gasteiger partial charge in [0.15, 0.2) is 5.69 Å². The number of nitrogens with two attached hydrogens (primary N) is 1. The molecule has 0 atom stereocenters. The Labute approximate surface area is 60.1 Å². The monoisotopic (exact) mass is 160 g/mol. The van der Waals surface area contributed by atoms with E-state index in [1.165, 1.54) is 0 Å². The second-order valence-corrected chi connectivity index (χ2v) is 1.77. The van der Waals surface area contributed by atoms with Crippen LogP contribution in [0, 0.1) is 5.95 Å². The molecule has 0 aromatic carbocycles. The van der Waals surface area contributed by atoms with Crippen molar-refractivity contribution in [3.05, 3.63) is 28.2 Å². The van der Waals surface area contributed by atoms with Crippen LogP contribution in [0.3, 0.4) is 0 Å². The molecule has 0 radical (unpaired) electrons. The van der Waals surface area contributed by atoms with Gasteiger partial charge in [0.05, 0.1) is 6.20 Å². The highest BCUT2D eigenvalue weighted by molar-refractivity contribution is 5.90. The zero-order chi connectivity index (χ0) is 8.43. The summed E-state index contributed by atoms with van der Waals surface area (Å²) in [4.78, 5) is 25.9. The van der Waals surface area contributed by atoms with Gasteiger partial charge in [-0.2, -0.15) is 4.39 Å². The van der Waals surface area contributed by atoms with Gasteiger partial charge in [0.1, 0.15) is 0 Å². The summed E-state index contributed by atoms with van der Waals surface area (Å²) in [5.41, 5.74) is 3.28. The van der Waals surface area contributed by atoms with E-state index in [2.05, 4.69) is 4.98 Å². The molecular formula is C5H4FN3O2. The second kappa shape index (κ2) is 2.49. The van der Waals surface area contributed by atoms with Crippen LogP contribution in [0.15, 0.2) is 11.0 Å². The number of primary amides is 1. The van der Waals surface area contributed by atoms with Crippen LogP contribution in [-0.4, -0.2) is 15.9 Å². The molecule has 58 valence electrons. The van der Waals surface area contributed by atoms with Crippen LogP contribution >= 0.6 is 0 Å². The Kier molecular flexibility index (Phi) is 1.67. The van der Waals surface area contributed by atoms with E-state index in [1.54, 1.807) is 0 Å². The third kappa shape index (κ3) is 1.40. The summed E-state index contributed by atoms with van der Waals surface area (Å²) >= 11 is 0. The number of nitrogens with one attached hydrogen (secondary N) is 1. The van der Waals surface area contributed by atoms with E-state index in [4.69, 9.17) is 5.73 Å². The van der Waals surface area contributed by atoms with Crippen molar-refractivity contribution in [1.29, 1.82) is 0 Å². The molecule has 1 aromatic heterocycles. The van der Waals surface area contributed by atoms with Crippen LogP contribution in [0.25, 0.3) is 0 Å². The molecule has 0 spiro atoms. The third-order valence-corrected chi connectivity index (χ3v) is 0.989. The second-order valence-electron chi connectivity index (χ2n) is 1.77. The van der Waals surface area contributed by atoms with Crippen LogP contribution in [0.1, 0.15) is 10.5 Å². The molecule has 1 aromatic rings. The lowest BCUT2D eigenvalue weighted by atomic mass is 10.9. The number of aromatic amines is 1. The average Bonchev–Trinajstić information content (AvgIpc) is 1.94. The highest BCUT2D eigenvalue weighted by Crippen LogP contribution is 1.86. The van der Waals surface area contributed by atoms with Crippen molar-refractivity contribution >= 4 is 5.91 Å². The normalized spacial score (nSPS) is 9.55. The summed E-state index contributed by atoms with van der Waals surface area (Å²) in [7, 11) is 0. The number of nitrogens with zero attached hydrogens (tertiary/aromatic N) is 1. The van der Waals surface area contributed by atoms with E-state index < -0.39 is 23.1 Å². The van der Waals surface area contributed by atoms with Gasteiger partial charge in [0, 0.05) is 0 Å². The molecule has 0 saturated carbocycles. The predicted molar refractivity (Wildman–Crippen MR) is 33.3 cm³/mol. The Hall–Kier alpha value is -1.72. The number of carbonyl (C=O) groups excluding carboxylic acids is 1. The predicted octanol–water partition coefficient (Wildman–Crippen LogP) is -0.992. The van der Waals surface area contributed by atoms with Gasteiger partial charge in [0.2, 0.25) is 5.95 Å². The van der Waals surface area contributed by atoms with E-state index in [1.807, 2.05) is 4.98 Å². The summed E-state index contributed by atoms with van der Waals surface area (Å²) < 4.78 is 12.2. The lowest BCUT2D eigenvalue weighted by molar-refractivity contribution is 0.0992. The van der Waals surface area contributed by atoms with Crippen molar-refractivity contribution in [2.75, 3.05) is 0 Å². The van der Waals surface area contributed by atoms with Gasteiger partial charge in [0.25, 0.3) is 11.5 Å². The minimum Gasteiger partial charge on any atom is -0.364 e. The smallest absolute Gasteiger partial charge is 0.279 e. The number of hydrogen-bond donors (Lipinski definition) is 2. The quantitative estimate of drug-likeness (QED) is 0.517. The number of rotatable bonds is 1. The Morgan fingerprint density at radius 2 is 2.36 bits per heavy atom. The molecule has 0 unspecified atom stereocenters. The van der Waals surface area contributed by atoms with Gasteiger partial charge in [-0.25, -0.2) is 4.98 Å². The fourth-order valence-electron chi connectivity index (χ4n) is 0.550. The molecule has 0 aliphatic rings. The van der Waals surface area contributed by atoms with Crippen molar-refractivity contribution in [2.45, 2.75) is 0 Å².